The lowest BCUT2D eigenvalue weighted by molar-refractivity contribution is 0.0342. The number of aryl methyl sites for hydroxylation is 2. The molecule has 1 aliphatic heterocycles. The molecule has 0 aromatic heterocycles. The summed E-state index contributed by atoms with van der Waals surface area (Å²) < 4.78 is 5.38. The zero-order valence-electron chi connectivity index (χ0n) is 15.9. The fraction of sp³-hybridized carbons (Fsp3) is 0.409. The minimum atomic E-state index is -0.0312. The van der Waals surface area contributed by atoms with Crippen molar-refractivity contribution in [1.82, 2.24) is 10.2 Å². The fourth-order valence-corrected chi connectivity index (χ4v) is 3.36. The van der Waals surface area contributed by atoms with Gasteiger partial charge >= 0.3 is 0 Å². The van der Waals surface area contributed by atoms with E-state index in [1.807, 2.05) is 31.2 Å². The highest BCUT2D eigenvalue weighted by molar-refractivity contribution is 5.94. The van der Waals surface area contributed by atoms with Crippen molar-refractivity contribution < 1.29 is 9.53 Å². The van der Waals surface area contributed by atoms with E-state index >= 15 is 0 Å². The van der Waals surface area contributed by atoms with Crippen LogP contribution in [0.25, 0.3) is 0 Å². The van der Waals surface area contributed by atoms with E-state index in [0.29, 0.717) is 5.56 Å². The maximum atomic E-state index is 12.6. The lowest BCUT2D eigenvalue weighted by Crippen LogP contribution is -2.35. The van der Waals surface area contributed by atoms with Crippen LogP contribution in [0.1, 0.15) is 45.6 Å². The second-order valence-corrected chi connectivity index (χ2v) is 7.14. The van der Waals surface area contributed by atoms with Crippen molar-refractivity contribution in [3.05, 3.63) is 70.3 Å². The molecule has 138 valence electrons. The first kappa shape index (κ1) is 18.6. The molecule has 4 heteroatoms. The number of carbonyl (C=O) groups is 1. The Morgan fingerprint density at radius 3 is 2.50 bits per heavy atom. The highest BCUT2D eigenvalue weighted by Crippen LogP contribution is 2.19. The summed E-state index contributed by atoms with van der Waals surface area (Å²) in [5.74, 6) is -0.0312. The van der Waals surface area contributed by atoms with Crippen LogP contribution in [0.2, 0.25) is 0 Å². The molecule has 0 aliphatic carbocycles. The van der Waals surface area contributed by atoms with Crippen LogP contribution >= 0.6 is 0 Å². The second-order valence-electron chi connectivity index (χ2n) is 7.14. The minimum absolute atomic E-state index is 0.0181. The molecule has 2 aromatic carbocycles. The summed E-state index contributed by atoms with van der Waals surface area (Å²) >= 11 is 0. The Labute approximate surface area is 156 Å². The third-order valence-corrected chi connectivity index (χ3v) is 4.97. The average Bonchev–Trinajstić information content (AvgIpc) is 2.65. The van der Waals surface area contributed by atoms with Crippen molar-refractivity contribution in [2.75, 3.05) is 26.3 Å². The van der Waals surface area contributed by atoms with E-state index in [0.717, 1.165) is 32.8 Å². The molecule has 1 heterocycles. The summed E-state index contributed by atoms with van der Waals surface area (Å²) in [6, 6.07) is 14.3. The van der Waals surface area contributed by atoms with Gasteiger partial charge in [0.2, 0.25) is 0 Å². The van der Waals surface area contributed by atoms with Crippen molar-refractivity contribution in [2.45, 2.75) is 33.4 Å². The Kier molecular flexibility index (Phi) is 6.07. The van der Waals surface area contributed by atoms with Crippen LogP contribution < -0.4 is 5.32 Å². The van der Waals surface area contributed by atoms with Gasteiger partial charge in [0.1, 0.15) is 0 Å². The van der Waals surface area contributed by atoms with Gasteiger partial charge in [0.15, 0.2) is 0 Å². The molecule has 0 radical (unpaired) electrons. The Morgan fingerprint density at radius 2 is 1.81 bits per heavy atom. The van der Waals surface area contributed by atoms with E-state index in [2.05, 4.69) is 42.3 Å². The zero-order valence-corrected chi connectivity index (χ0v) is 15.9. The minimum Gasteiger partial charge on any atom is -0.379 e. The predicted molar refractivity (Wildman–Crippen MR) is 104 cm³/mol. The summed E-state index contributed by atoms with van der Waals surface area (Å²) in [6.45, 7) is 10.6. The van der Waals surface area contributed by atoms with Crippen LogP contribution in [-0.2, 0) is 11.3 Å². The number of ether oxygens (including phenoxy) is 1. The summed E-state index contributed by atoms with van der Waals surface area (Å²) in [5.41, 5.74) is 5.50. The lowest BCUT2D eigenvalue weighted by atomic mass is 9.99. The van der Waals surface area contributed by atoms with Crippen molar-refractivity contribution in [3.63, 3.8) is 0 Å². The van der Waals surface area contributed by atoms with Crippen LogP contribution in [0.3, 0.4) is 0 Å². The molecule has 1 atom stereocenters. The molecule has 0 bridgehead atoms. The molecule has 1 amide bonds. The number of nitrogens with one attached hydrogen (secondary N) is 1. The van der Waals surface area contributed by atoms with Gasteiger partial charge in [-0.15, -0.1) is 0 Å². The van der Waals surface area contributed by atoms with Gasteiger partial charge in [-0.2, -0.15) is 0 Å². The van der Waals surface area contributed by atoms with Crippen LogP contribution in [0.15, 0.2) is 42.5 Å². The first-order valence-electron chi connectivity index (χ1n) is 9.30. The number of amides is 1. The third kappa shape index (κ3) is 4.71. The molecular formula is C22H28N2O2. The largest absolute Gasteiger partial charge is 0.379 e. The molecule has 26 heavy (non-hydrogen) atoms. The number of benzene rings is 2. The maximum Gasteiger partial charge on any atom is 0.251 e. The molecule has 1 saturated heterocycles. The van der Waals surface area contributed by atoms with Gasteiger partial charge in [-0.1, -0.05) is 35.9 Å². The predicted octanol–water partition coefficient (Wildman–Crippen LogP) is 3.63. The van der Waals surface area contributed by atoms with E-state index in [1.54, 1.807) is 0 Å². The SMILES string of the molecule is Cc1ccc(C)c(C(C)NC(=O)c2ccc(CN3CCOCC3)cc2)c1. The standard InChI is InChI=1S/C22H28N2O2/c1-16-4-5-17(2)21(14-16)18(3)23-22(25)20-8-6-19(7-9-20)15-24-10-12-26-13-11-24/h4-9,14,18H,10-13,15H2,1-3H3,(H,23,25). The molecule has 0 saturated carbocycles. The first-order valence-corrected chi connectivity index (χ1v) is 9.30. The Morgan fingerprint density at radius 1 is 1.12 bits per heavy atom. The van der Waals surface area contributed by atoms with E-state index in [1.165, 1.54) is 22.3 Å². The van der Waals surface area contributed by atoms with Crippen LogP contribution in [0.4, 0.5) is 0 Å². The molecule has 4 nitrogen and oxygen atoms in total. The van der Waals surface area contributed by atoms with Gasteiger partial charge in [-0.25, -0.2) is 0 Å². The van der Waals surface area contributed by atoms with E-state index in [-0.39, 0.29) is 11.9 Å². The number of hydrogen-bond acceptors (Lipinski definition) is 3. The number of nitrogens with zero attached hydrogens (tertiary/aromatic N) is 1. The number of morpholine rings is 1. The molecule has 2 aromatic rings. The first-order chi connectivity index (χ1) is 12.5. The third-order valence-electron chi connectivity index (χ3n) is 4.97. The van der Waals surface area contributed by atoms with Crippen molar-refractivity contribution in [2.24, 2.45) is 0 Å². The Hall–Kier alpha value is -2.17. The van der Waals surface area contributed by atoms with Gasteiger partial charge in [-0.05, 0) is 49.6 Å². The quantitative estimate of drug-likeness (QED) is 0.893. The molecule has 0 spiro atoms. The van der Waals surface area contributed by atoms with E-state index in [9.17, 15) is 4.79 Å². The number of rotatable bonds is 5. The molecule has 1 fully saturated rings. The molecule has 1 N–H and O–H groups in total. The van der Waals surface area contributed by atoms with Crippen LogP contribution in [0.5, 0.6) is 0 Å². The van der Waals surface area contributed by atoms with Gasteiger partial charge < -0.3 is 10.1 Å². The highest BCUT2D eigenvalue weighted by atomic mass is 16.5. The van der Waals surface area contributed by atoms with E-state index in [4.69, 9.17) is 4.74 Å². The summed E-state index contributed by atoms with van der Waals surface area (Å²) in [6.07, 6.45) is 0. The van der Waals surface area contributed by atoms with Crippen molar-refractivity contribution in [1.29, 1.82) is 0 Å². The number of hydrogen-bond donors (Lipinski definition) is 1. The zero-order chi connectivity index (χ0) is 18.5. The normalized spacial score (nSPS) is 16.3. The Balaban J connectivity index is 1.61. The van der Waals surface area contributed by atoms with Crippen molar-refractivity contribution in [3.8, 4) is 0 Å². The fourth-order valence-electron chi connectivity index (χ4n) is 3.36. The summed E-state index contributed by atoms with van der Waals surface area (Å²) in [4.78, 5) is 15.0. The molecule has 3 rings (SSSR count). The van der Waals surface area contributed by atoms with Gasteiger partial charge in [0.05, 0.1) is 19.3 Å². The lowest BCUT2D eigenvalue weighted by Gasteiger charge is -2.26. The summed E-state index contributed by atoms with van der Waals surface area (Å²) in [5, 5.41) is 3.12. The van der Waals surface area contributed by atoms with Crippen LogP contribution in [-0.4, -0.2) is 37.1 Å². The van der Waals surface area contributed by atoms with Gasteiger partial charge in [0.25, 0.3) is 5.91 Å². The Bertz CT molecular complexity index is 749. The van der Waals surface area contributed by atoms with E-state index < -0.39 is 0 Å². The average molecular weight is 352 g/mol. The number of carbonyl (C=O) groups excluding carboxylic acids is 1. The molecular weight excluding hydrogens is 324 g/mol. The monoisotopic (exact) mass is 352 g/mol. The topological polar surface area (TPSA) is 41.6 Å². The molecule has 1 aliphatic rings. The molecule has 1 unspecified atom stereocenters. The van der Waals surface area contributed by atoms with Gasteiger partial charge in [0, 0.05) is 25.2 Å². The van der Waals surface area contributed by atoms with Crippen LogP contribution in [0, 0.1) is 13.8 Å². The van der Waals surface area contributed by atoms with Gasteiger partial charge in [-0.3, -0.25) is 9.69 Å². The smallest absolute Gasteiger partial charge is 0.251 e. The summed E-state index contributed by atoms with van der Waals surface area (Å²) in [7, 11) is 0. The highest BCUT2D eigenvalue weighted by Gasteiger charge is 2.14. The second kappa shape index (κ2) is 8.47. The van der Waals surface area contributed by atoms with Crippen molar-refractivity contribution >= 4 is 5.91 Å². The maximum absolute atomic E-state index is 12.6.